The average molecular weight is 258 g/mol. The fraction of sp³-hybridized carbons (Fsp3) is 0.308. The molecule has 0 saturated carbocycles. The molecular formula is C13H14N4O2. The van der Waals surface area contributed by atoms with Crippen molar-refractivity contribution in [3.05, 3.63) is 42.5 Å². The number of amides is 1. The lowest BCUT2D eigenvalue weighted by atomic mass is 10.3. The molecule has 6 nitrogen and oxygen atoms in total. The number of pyridine rings is 1. The summed E-state index contributed by atoms with van der Waals surface area (Å²) in [5.74, 6) is -0.233. The molecule has 0 aromatic carbocycles. The van der Waals surface area contributed by atoms with Crippen molar-refractivity contribution in [1.82, 2.24) is 14.8 Å². The zero-order valence-corrected chi connectivity index (χ0v) is 10.3. The maximum atomic E-state index is 11.9. The van der Waals surface area contributed by atoms with Crippen LogP contribution in [0.5, 0.6) is 0 Å². The molecule has 2 aromatic heterocycles. The molecule has 0 aliphatic carbocycles. The van der Waals surface area contributed by atoms with Crippen LogP contribution in [0.3, 0.4) is 0 Å². The summed E-state index contributed by atoms with van der Waals surface area (Å²) in [6, 6.07) is 5.49. The van der Waals surface area contributed by atoms with E-state index in [1.54, 1.807) is 30.6 Å². The summed E-state index contributed by atoms with van der Waals surface area (Å²) in [6.07, 6.45) is 6.00. The van der Waals surface area contributed by atoms with Crippen molar-refractivity contribution in [3.8, 4) is 0 Å². The molecule has 1 atom stereocenters. The quantitative estimate of drug-likeness (QED) is 0.905. The minimum Gasteiger partial charge on any atom is -0.379 e. The Morgan fingerprint density at radius 2 is 2.42 bits per heavy atom. The Morgan fingerprint density at radius 1 is 1.47 bits per heavy atom. The van der Waals surface area contributed by atoms with Gasteiger partial charge in [0.1, 0.15) is 5.69 Å². The van der Waals surface area contributed by atoms with E-state index in [2.05, 4.69) is 15.4 Å². The first-order valence-electron chi connectivity index (χ1n) is 6.17. The minimum absolute atomic E-state index is 0.233. The first kappa shape index (κ1) is 11.9. The predicted octanol–water partition coefficient (Wildman–Crippen LogP) is 1.49. The first-order chi connectivity index (χ1) is 9.33. The van der Waals surface area contributed by atoms with Gasteiger partial charge in [0.15, 0.2) is 0 Å². The zero-order chi connectivity index (χ0) is 13.1. The molecule has 1 N–H and O–H groups in total. The Hall–Kier alpha value is -2.21. The molecule has 1 unspecified atom stereocenters. The lowest BCUT2D eigenvalue weighted by Gasteiger charge is -2.06. The van der Waals surface area contributed by atoms with E-state index in [4.69, 9.17) is 4.74 Å². The van der Waals surface area contributed by atoms with Crippen molar-refractivity contribution < 1.29 is 9.53 Å². The molecule has 1 aliphatic rings. The van der Waals surface area contributed by atoms with Crippen LogP contribution in [0.4, 0.5) is 5.69 Å². The van der Waals surface area contributed by atoms with E-state index in [-0.39, 0.29) is 11.9 Å². The van der Waals surface area contributed by atoms with Gasteiger partial charge in [0.25, 0.3) is 5.91 Å². The van der Waals surface area contributed by atoms with Gasteiger partial charge in [-0.3, -0.25) is 14.5 Å². The van der Waals surface area contributed by atoms with Crippen LogP contribution >= 0.6 is 0 Å². The van der Waals surface area contributed by atoms with Gasteiger partial charge in [0.2, 0.25) is 0 Å². The van der Waals surface area contributed by atoms with Crippen molar-refractivity contribution in [2.45, 2.75) is 12.5 Å². The summed E-state index contributed by atoms with van der Waals surface area (Å²) < 4.78 is 7.15. The molecule has 3 heterocycles. The standard InChI is InChI=1S/C13H14N4O2/c18-13(12-3-1-2-5-14-12)16-10-7-15-17(8-10)11-4-6-19-9-11/h1-3,5,7-8,11H,4,6,9H2,(H,16,18). The van der Waals surface area contributed by atoms with E-state index in [9.17, 15) is 4.79 Å². The normalized spacial score (nSPS) is 18.4. The van der Waals surface area contributed by atoms with Gasteiger partial charge in [0, 0.05) is 19.0 Å². The monoisotopic (exact) mass is 258 g/mol. The van der Waals surface area contributed by atoms with Crippen molar-refractivity contribution in [2.75, 3.05) is 18.5 Å². The third-order valence-electron chi connectivity index (χ3n) is 3.04. The first-order valence-corrected chi connectivity index (χ1v) is 6.17. The van der Waals surface area contributed by atoms with Gasteiger partial charge >= 0.3 is 0 Å². The third kappa shape index (κ3) is 2.63. The highest BCUT2D eigenvalue weighted by molar-refractivity contribution is 6.02. The number of carbonyl (C=O) groups is 1. The maximum Gasteiger partial charge on any atom is 0.274 e. The van der Waals surface area contributed by atoms with Gasteiger partial charge in [-0.1, -0.05) is 6.07 Å². The number of aromatic nitrogens is 3. The van der Waals surface area contributed by atoms with Gasteiger partial charge in [-0.15, -0.1) is 0 Å². The van der Waals surface area contributed by atoms with Crippen molar-refractivity contribution in [3.63, 3.8) is 0 Å². The third-order valence-corrected chi connectivity index (χ3v) is 3.04. The Labute approximate surface area is 110 Å². The summed E-state index contributed by atoms with van der Waals surface area (Å²) in [5.41, 5.74) is 1.06. The van der Waals surface area contributed by atoms with Gasteiger partial charge in [-0.05, 0) is 18.6 Å². The summed E-state index contributed by atoms with van der Waals surface area (Å²) >= 11 is 0. The van der Waals surface area contributed by atoms with Crippen LogP contribution in [0.2, 0.25) is 0 Å². The Bertz CT molecular complexity index is 561. The van der Waals surface area contributed by atoms with Crippen LogP contribution in [0, 0.1) is 0 Å². The summed E-state index contributed by atoms with van der Waals surface area (Å²) in [5, 5.41) is 7.02. The number of carbonyl (C=O) groups excluding carboxylic acids is 1. The highest BCUT2D eigenvalue weighted by atomic mass is 16.5. The lowest BCUT2D eigenvalue weighted by molar-refractivity contribution is 0.102. The molecular weight excluding hydrogens is 244 g/mol. The number of nitrogens with one attached hydrogen (secondary N) is 1. The second-order valence-corrected chi connectivity index (χ2v) is 4.40. The van der Waals surface area contributed by atoms with Gasteiger partial charge in [-0.2, -0.15) is 5.10 Å². The highest BCUT2D eigenvalue weighted by Gasteiger charge is 2.18. The number of rotatable bonds is 3. The number of hydrogen-bond acceptors (Lipinski definition) is 4. The number of ether oxygens (including phenoxy) is 1. The Kier molecular flexibility index (Phi) is 3.24. The molecule has 3 rings (SSSR count). The Morgan fingerprint density at radius 3 is 3.16 bits per heavy atom. The predicted molar refractivity (Wildman–Crippen MR) is 68.9 cm³/mol. The summed E-state index contributed by atoms with van der Waals surface area (Å²) in [4.78, 5) is 15.9. The van der Waals surface area contributed by atoms with Crippen LogP contribution in [-0.4, -0.2) is 33.9 Å². The topological polar surface area (TPSA) is 69.0 Å². The van der Waals surface area contributed by atoms with Crippen LogP contribution in [-0.2, 0) is 4.74 Å². The van der Waals surface area contributed by atoms with E-state index in [0.29, 0.717) is 18.0 Å². The second kappa shape index (κ2) is 5.19. The molecule has 6 heteroatoms. The van der Waals surface area contributed by atoms with E-state index in [0.717, 1.165) is 13.0 Å². The number of nitrogens with zero attached hydrogens (tertiary/aromatic N) is 3. The fourth-order valence-electron chi connectivity index (χ4n) is 2.03. The zero-order valence-electron chi connectivity index (χ0n) is 10.3. The maximum absolute atomic E-state index is 11.9. The summed E-state index contributed by atoms with van der Waals surface area (Å²) in [7, 11) is 0. The molecule has 2 aromatic rings. The molecule has 0 radical (unpaired) electrons. The SMILES string of the molecule is O=C(Nc1cnn(C2CCOC2)c1)c1ccccn1. The van der Waals surface area contributed by atoms with Crippen molar-refractivity contribution in [2.24, 2.45) is 0 Å². The van der Waals surface area contributed by atoms with Crippen LogP contribution in [0.15, 0.2) is 36.8 Å². The van der Waals surface area contributed by atoms with E-state index in [1.807, 2.05) is 10.9 Å². The van der Waals surface area contributed by atoms with Gasteiger partial charge in [-0.25, -0.2) is 0 Å². The summed E-state index contributed by atoms with van der Waals surface area (Å²) in [6.45, 7) is 1.44. The molecule has 0 spiro atoms. The Balaban J connectivity index is 1.68. The van der Waals surface area contributed by atoms with Crippen LogP contribution < -0.4 is 5.32 Å². The smallest absolute Gasteiger partial charge is 0.274 e. The van der Waals surface area contributed by atoms with E-state index < -0.39 is 0 Å². The molecule has 98 valence electrons. The largest absolute Gasteiger partial charge is 0.379 e. The van der Waals surface area contributed by atoms with Gasteiger partial charge < -0.3 is 10.1 Å². The minimum atomic E-state index is -0.233. The molecule has 1 amide bonds. The van der Waals surface area contributed by atoms with E-state index >= 15 is 0 Å². The molecule has 1 saturated heterocycles. The highest BCUT2D eigenvalue weighted by Crippen LogP contribution is 2.19. The molecule has 1 fully saturated rings. The molecule has 0 bridgehead atoms. The van der Waals surface area contributed by atoms with Crippen LogP contribution in [0.25, 0.3) is 0 Å². The van der Waals surface area contributed by atoms with Crippen molar-refractivity contribution >= 4 is 11.6 Å². The van der Waals surface area contributed by atoms with E-state index in [1.165, 1.54) is 0 Å². The lowest BCUT2D eigenvalue weighted by Crippen LogP contribution is -2.13. The van der Waals surface area contributed by atoms with Gasteiger partial charge in [0.05, 0.1) is 24.5 Å². The second-order valence-electron chi connectivity index (χ2n) is 4.40. The fourth-order valence-corrected chi connectivity index (χ4v) is 2.03. The van der Waals surface area contributed by atoms with Crippen molar-refractivity contribution in [1.29, 1.82) is 0 Å². The molecule has 1 aliphatic heterocycles. The number of anilines is 1. The van der Waals surface area contributed by atoms with Crippen LogP contribution in [0.1, 0.15) is 23.0 Å². The molecule has 19 heavy (non-hydrogen) atoms. The number of hydrogen-bond donors (Lipinski definition) is 1. The average Bonchev–Trinajstić information content (AvgIpc) is 3.10.